The lowest BCUT2D eigenvalue weighted by molar-refractivity contribution is 0.195. The van der Waals surface area contributed by atoms with E-state index in [9.17, 15) is 14.0 Å². The quantitative estimate of drug-likeness (QED) is 0.372. The molecule has 2 aliphatic heterocycles. The minimum atomic E-state index is -0.649. The Hall–Kier alpha value is -4.38. The van der Waals surface area contributed by atoms with Gasteiger partial charge in [-0.05, 0) is 25.1 Å². The molecule has 3 atom stereocenters. The van der Waals surface area contributed by atoms with E-state index in [2.05, 4.69) is 31.9 Å². The van der Waals surface area contributed by atoms with E-state index in [-0.39, 0.29) is 23.4 Å². The molecule has 6 bridgehead atoms. The normalized spacial score (nSPS) is 20.7. The van der Waals surface area contributed by atoms with Crippen LogP contribution in [0, 0.1) is 0 Å². The van der Waals surface area contributed by atoms with Crippen molar-refractivity contribution in [1.29, 1.82) is 0 Å². The average molecular weight is 514 g/mol. The number of aromatic amines is 2. The maximum absolute atomic E-state index is 13.3. The Balaban J connectivity index is 1.48. The summed E-state index contributed by atoms with van der Waals surface area (Å²) >= 11 is 0. The summed E-state index contributed by atoms with van der Waals surface area (Å²) in [5, 5.41) is 3.73. The first kappa shape index (κ1) is 22.8. The van der Waals surface area contributed by atoms with E-state index < -0.39 is 12.2 Å². The molecule has 2 unspecified atom stereocenters. The van der Waals surface area contributed by atoms with Crippen molar-refractivity contribution in [2.75, 3.05) is 13.1 Å². The maximum Gasteiger partial charge on any atom is 0.275 e. The number of benzene rings is 2. The lowest BCUT2D eigenvalue weighted by atomic mass is 10.1. The molecule has 0 amide bonds. The molecule has 5 heterocycles. The number of halogens is 1. The van der Waals surface area contributed by atoms with Crippen molar-refractivity contribution in [1.82, 2.24) is 34.6 Å². The molecule has 0 radical (unpaired) electrons. The van der Waals surface area contributed by atoms with E-state index in [0.717, 1.165) is 6.42 Å². The summed E-state index contributed by atoms with van der Waals surface area (Å²) in [4.78, 5) is 45.1. The third kappa shape index (κ3) is 3.61. The first-order valence-corrected chi connectivity index (χ1v) is 12.6. The van der Waals surface area contributed by atoms with Gasteiger partial charge in [-0.1, -0.05) is 12.1 Å². The number of hydrogen-bond acceptors (Lipinski definition) is 7. The Labute approximate surface area is 215 Å². The average Bonchev–Trinajstić information content (AvgIpc) is 3.44. The molecule has 0 aliphatic carbocycles. The minimum Gasteiger partial charge on any atom is -0.487 e. The van der Waals surface area contributed by atoms with Crippen LogP contribution in [0.4, 0.5) is 4.39 Å². The van der Waals surface area contributed by atoms with Crippen molar-refractivity contribution in [3.05, 3.63) is 69.0 Å². The van der Waals surface area contributed by atoms with Crippen LogP contribution in [-0.4, -0.2) is 59.9 Å². The zero-order valence-electron chi connectivity index (χ0n) is 20.6. The van der Waals surface area contributed by atoms with Gasteiger partial charge >= 0.3 is 0 Å². The Bertz CT molecular complexity index is 1830. The highest BCUT2D eigenvalue weighted by molar-refractivity contribution is 5.94. The third-order valence-electron chi connectivity index (χ3n) is 7.49. The van der Waals surface area contributed by atoms with E-state index in [1.165, 1.54) is 12.4 Å². The molecule has 38 heavy (non-hydrogen) atoms. The Morgan fingerprint density at radius 2 is 2.00 bits per heavy atom. The van der Waals surface area contributed by atoms with Crippen LogP contribution in [0.15, 0.2) is 52.3 Å². The summed E-state index contributed by atoms with van der Waals surface area (Å²) in [6.07, 6.45) is 3.57. The lowest BCUT2D eigenvalue weighted by Crippen LogP contribution is -2.33. The number of nitrogens with zero attached hydrogens (tertiary/aromatic N) is 5. The van der Waals surface area contributed by atoms with Crippen molar-refractivity contribution < 1.29 is 9.13 Å². The molecule has 192 valence electrons. The first-order valence-electron chi connectivity index (χ1n) is 12.6. The van der Waals surface area contributed by atoms with Gasteiger partial charge in [0, 0.05) is 54.6 Å². The van der Waals surface area contributed by atoms with Crippen molar-refractivity contribution in [3.63, 3.8) is 0 Å². The van der Waals surface area contributed by atoms with Crippen LogP contribution in [-0.2, 0) is 13.2 Å². The second-order valence-electron chi connectivity index (χ2n) is 9.95. The van der Waals surface area contributed by atoms with Crippen LogP contribution in [0.5, 0.6) is 5.75 Å². The molecule has 2 aliphatic rings. The van der Waals surface area contributed by atoms with Gasteiger partial charge in [-0.15, -0.1) is 0 Å². The largest absolute Gasteiger partial charge is 0.487 e. The van der Waals surface area contributed by atoms with E-state index in [1.54, 1.807) is 28.9 Å². The summed E-state index contributed by atoms with van der Waals surface area (Å²) in [6.45, 7) is 3.35. The topological polar surface area (TPSA) is 122 Å². The van der Waals surface area contributed by atoms with Gasteiger partial charge in [-0.25, -0.2) is 19.3 Å². The van der Waals surface area contributed by atoms with Crippen molar-refractivity contribution >= 4 is 21.9 Å². The van der Waals surface area contributed by atoms with Gasteiger partial charge in [-0.3, -0.25) is 24.3 Å². The third-order valence-corrected chi connectivity index (χ3v) is 7.49. The van der Waals surface area contributed by atoms with E-state index in [4.69, 9.17) is 9.72 Å². The van der Waals surface area contributed by atoms with Gasteiger partial charge in [0.2, 0.25) is 0 Å². The summed E-state index contributed by atoms with van der Waals surface area (Å²) in [5.74, 6) is 0.890. The number of nitrogens with one attached hydrogen (secondary N) is 2. The number of hydrogen-bond donors (Lipinski definition) is 2. The molecule has 2 N–H and O–H groups in total. The van der Waals surface area contributed by atoms with Gasteiger partial charge in [0.25, 0.3) is 11.1 Å². The summed E-state index contributed by atoms with van der Waals surface area (Å²) in [5.41, 5.74) is 2.74. The van der Waals surface area contributed by atoms with Gasteiger partial charge in [0.1, 0.15) is 29.7 Å². The van der Waals surface area contributed by atoms with Gasteiger partial charge in [0.05, 0.1) is 23.0 Å². The second-order valence-corrected chi connectivity index (χ2v) is 9.95. The highest BCUT2D eigenvalue weighted by Gasteiger charge is 2.31. The van der Waals surface area contributed by atoms with E-state index >= 15 is 0 Å². The fourth-order valence-corrected chi connectivity index (χ4v) is 5.52. The summed E-state index contributed by atoms with van der Waals surface area (Å²) < 4.78 is 21.1. The SMILES string of the molecule is C[C@@H]1CC2CN1CCn1[nH]c3c(cccc3c1=O)-c1nc3c(cc(-c4ncc(CF)cn4)cc3[nH]c1=O)O2. The molecule has 0 spiro atoms. The second kappa shape index (κ2) is 8.59. The Morgan fingerprint density at radius 3 is 2.82 bits per heavy atom. The molecule has 7 rings (SSSR count). The molecule has 11 heteroatoms. The maximum atomic E-state index is 13.3. The molecule has 2 aromatic carbocycles. The predicted molar refractivity (Wildman–Crippen MR) is 140 cm³/mol. The summed E-state index contributed by atoms with van der Waals surface area (Å²) in [7, 11) is 0. The number of para-hydroxylation sites is 1. The van der Waals surface area contributed by atoms with Gasteiger partial charge in [0.15, 0.2) is 5.82 Å². The number of fused-ring (bicyclic) bond motifs is 5. The molecule has 1 fully saturated rings. The first-order chi connectivity index (χ1) is 18.5. The minimum absolute atomic E-state index is 0.114. The fourth-order valence-electron chi connectivity index (χ4n) is 5.52. The van der Waals surface area contributed by atoms with Gasteiger partial charge in [-0.2, -0.15) is 0 Å². The number of alkyl halides is 1. The zero-order chi connectivity index (χ0) is 26.0. The monoisotopic (exact) mass is 513 g/mol. The van der Waals surface area contributed by atoms with E-state index in [1.807, 2.05) is 6.07 Å². The molecule has 1 saturated heterocycles. The number of aromatic nitrogens is 6. The molecule has 10 nitrogen and oxygen atoms in total. The molecular weight excluding hydrogens is 489 g/mol. The Morgan fingerprint density at radius 1 is 1.16 bits per heavy atom. The van der Waals surface area contributed by atoms with Crippen LogP contribution >= 0.6 is 0 Å². The summed E-state index contributed by atoms with van der Waals surface area (Å²) in [6, 6.07) is 9.12. The van der Waals surface area contributed by atoms with Crippen LogP contribution in [0.1, 0.15) is 18.9 Å². The standard InChI is InChI=1S/C27H24FN7O3/c1-14-7-17-13-34(14)5-6-35-27(37)19-4-2-3-18(22(19)33-35)23-26(36)31-20-8-16(9-21(38-17)24(20)32-23)25-29-11-15(10-28)12-30-25/h2-4,8-9,11-12,14,17,33H,5-7,10,13H2,1H3,(H,31,36)/t14-,17?/m1/s1. The molecule has 3 aromatic heterocycles. The number of ether oxygens (including phenoxy) is 1. The van der Waals surface area contributed by atoms with Crippen molar-refractivity contribution in [2.24, 2.45) is 0 Å². The highest BCUT2D eigenvalue weighted by atomic mass is 19.1. The van der Waals surface area contributed by atoms with Crippen LogP contribution in [0.25, 0.3) is 44.6 Å². The van der Waals surface area contributed by atoms with Crippen molar-refractivity contribution in [2.45, 2.75) is 38.7 Å². The van der Waals surface area contributed by atoms with Crippen LogP contribution in [0.2, 0.25) is 0 Å². The lowest BCUT2D eigenvalue weighted by Gasteiger charge is -2.21. The van der Waals surface area contributed by atoms with Crippen LogP contribution in [0.3, 0.4) is 0 Å². The van der Waals surface area contributed by atoms with Crippen LogP contribution < -0.4 is 15.9 Å². The number of rotatable bonds is 2. The molecule has 0 saturated carbocycles. The van der Waals surface area contributed by atoms with Gasteiger partial charge < -0.3 is 9.72 Å². The molecule has 5 aromatic rings. The van der Waals surface area contributed by atoms with E-state index in [0.29, 0.717) is 69.8 Å². The zero-order valence-corrected chi connectivity index (χ0v) is 20.6. The Kier molecular flexibility index (Phi) is 5.15. The predicted octanol–water partition coefficient (Wildman–Crippen LogP) is 3.01. The number of H-pyrrole nitrogens is 2. The van der Waals surface area contributed by atoms with Crippen molar-refractivity contribution in [3.8, 4) is 28.4 Å². The molecular formula is C27H24FN7O3. The smallest absolute Gasteiger partial charge is 0.275 e. The fraction of sp³-hybridized carbons (Fsp3) is 0.296. The highest BCUT2D eigenvalue weighted by Crippen LogP contribution is 2.33.